The molecular formula is C19H20ClN3O. The molecule has 124 valence electrons. The number of rotatable bonds is 3. The molecule has 0 spiro atoms. The van der Waals surface area contributed by atoms with Gasteiger partial charge in [0.1, 0.15) is 0 Å². The van der Waals surface area contributed by atoms with E-state index in [4.69, 9.17) is 11.6 Å². The molecule has 24 heavy (non-hydrogen) atoms. The van der Waals surface area contributed by atoms with Crippen molar-refractivity contribution in [3.8, 4) is 11.3 Å². The van der Waals surface area contributed by atoms with E-state index in [-0.39, 0.29) is 11.7 Å². The highest BCUT2D eigenvalue weighted by Crippen LogP contribution is 2.34. The van der Waals surface area contributed by atoms with Crippen LogP contribution in [0.5, 0.6) is 0 Å². The van der Waals surface area contributed by atoms with Crippen molar-refractivity contribution in [3.05, 3.63) is 58.0 Å². The maximum absolute atomic E-state index is 12.6. The fourth-order valence-corrected chi connectivity index (χ4v) is 3.24. The van der Waals surface area contributed by atoms with E-state index in [1.165, 1.54) is 0 Å². The lowest BCUT2D eigenvalue weighted by atomic mass is 10.1. The first kappa shape index (κ1) is 16.5. The number of aromatic nitrogens is 2. The molecule has 0 radical (unpaired) electrons. The third-order valence-electron chi connectivity index (χ3n) is 4.04. The van der Waals surface area contributed by atoms with Gasteiger partial charge in [-0.3, -0.25) is 4.57 Å². The Hall–Kier alpha value is -2.33. The molecule has 3 rings (SSSR count). The molecule has 0 amide bonds. The Morgan fingerprint density at radius 3 is 2.38 bits per heavy atom. The summed E-state index contributed by atoms with van der Waals surface area (Å²) in [7, 11) is 3.89. The van der Waals surface area contributed by atoms with Crippen LogP contribution in [-0.4, -0.2) is 23.6 Å². The third kappa shape index (κ3) is 2.78. The van der Waals surface area contributed by atoms with Crippen molar-refractivity contribution in [3.63, 3.8) is 0 Å². The van der Waals surface area contributed by atoms with Crippen LogP contribution in [0.4, 0.5) is 5.69 Å². The second-order valence-electron chi connectivity index (χ2n) is 6.29. The van der Waals surface area contributed by atoms with Crippen LogP contribution in [0.2, 0.25) is 5.02 Å². The molecule has 0 unspecified atom stereocenters. The summed E-state index contributed by atoms with van der Waals surface area (Å²) in [4.78, 5) is 18.9. The van der Waals surface area contributed by atoms with Crippen LogP contribution in [0.1, 0.15) is 19.9 Å². The van der Waals surface area contributed by atoms with Gasteiger partial charge in [-0.2, -0.15) is 4.98 Å². The average molecular weight is 342 g/mol. The molecular weight excluding hydrogens is 322 g/mol. The summed E-state index contributed by atoms with van der Waals surface area (Å²) >= 11 is 6.45. The molecule has 5 heteroatoms. The summed E-state index contributed by atoms with van der Waals surface area (Å²) in [6.45, 7) is 3.94. The standard InChI is InChI=1S/C19H20ClN3O/c1-12(2)23-16-11-15(20)17(22(3)4)10-14(16)18(21-19(23)24)13-8-6-5-7-9-13/h5-12H,1-4H3. The number of anilines is 1. The minimum Gasteiger partial charge on any atom is -0.376 e. The predicted molar refractivity (Wildman–Crippen MR) is 101 cm³/mol. The topological polar surface area (TPSA) is 38.1 Å². The molecule has 0 saturated heterocycles. The van der Waals surface area contributed by atoms with E-state index in [9.17, 15) is 4.79 Å². The Morgan fingerprint density at radius 2 is 1.79 bits per heavy atom. The molecule has 0 aliphatic carbocycles. The Kier molecular flexibility index (Phi) is 4.33. The minimum absolute atomic E-state index is 0.00130. The Bertz CT molecular complexity index is 946. The number of nitrogens with zero attached hydrogens (tertiary/aromatic N) is 3. The number of benzene rings is 2. The van der Waals surface area contributed by atoms with Crippen LogP contribution >= 0.6 is 11.6 Å². The third-order valence-corrected chi connectivity index (χ3v) is 4.34. The van der Waals surface area contributed by atoms with Crippen molar-refractivity contribution in [2.45, 2.75) is 19.9 Å². The van der Waals surface area contributed by atoms with E-state index in [0.717, 1.165) is 22.2 Å². The number of hydrogen-bond acceptors (Lipinski definition) is 3. The van der Waals surface area contributed by atoms with Gasteiger partial charge in [0.25, 0.3) is 0 Å². The number of hydrogen-bond donors (Lipinski definition) is 0. The van der Waals surface area contributed by atoms with Gasteiger partial charge >= 0.3 is 5.69 Å². The van der Waals surface area contributed by atoms with Gasteiger partial charge in [0.05, 0.1) is 21.9 Å². The van der Waals surface area contributed by atoms with Gasteiger partial charge < -0.3 is 4.90 Å². The molecule has 0 bridgehead atoms. The van der Waals surface area contributed by atoms with E-state index in [1.807, 2.05) is 75.3 Å². The predicted octanol–water partition coefficient (Wildman–Crippen LogP) is 4.36. The molecule has 1 heterocycles. The molecule has 0 atom stereocenters. The molecule has 0 fully saturated rings. The first-order chi connectivity index (χ1) is 11.4. The summed E-state index contributed by atoms with van der Waals surface area (Å²) < 4.78 is 1.69. The van der Waals surface area contributed by atoms with Crippen molar-refractivity contribution < 1.29 is 0 Å². The Labute approximate surface area is 146 Å². The summed E-state index contributed by atoms with van der Waals surface area (Å²) in [6, 6.07) is 13.6. The first-order valence-electron chi connectivity index (χ1n) is 7.88. The lowest BCUT2D eigenvalue weighted by molar-refractivity contribution is 0.587. The molecule has 3 aromatic rings. The van der Waals surface area contributed by atoms with Crippen molar-refractivity contribution in [1.82, 2.24) is 9.55 Å². The van der Waals surface area contributed by atoms with Crippen molar-refractivity contribution in [1.29, 1.82) is 0 Å². The van der Waals surface area contributed by atoms with Crippen LogP contribution in [0.15, 0.2) is 47.3 Å². The monoisotopic (exact) mass is 341 g/mol. The zero-order valence-electron chi connectivity index (χ0n) is 14.2. The van der Waals surface area contributed by atoms with Gasteiger partial charge in [-0.05, 0) is 26.0 Å². The second-order valence-corrected chi connectivity index (χ2v) is 6.70. The van der Waals surface area contributed by atoms with E-state index >= 15 is 0 Å². The fourth-order valence-electron chi connectivity index (χ4n) is 2.91. The Balaban J connectivity index is 2.47. The zero-order chi connectivity index (χ0) is 17.4. The average Bonchev–Trinajstić information content (AvgIpc) is 2.53. The molecule has 4 nitrogen and oxygen atoms in total. The van der Waals surface area contributed by atoms with Gasteiger partial charge in [0.15, 0.2) is 0 Å². The van der Waals surface area contributed by atoms with E-state index < -0.39 is 0 Å². The highest BCUT2D eigenvalue weighted by atomic mass is 35.5. The maximum Gasteiger partial charge on any atom is 0.348 e. The van der Waals surface area contributed by atoms with Gasteiger partial charge in [-0.15, -0.1) is 0 Å². The largest absolute Gasteiger partial charge is 0.376 e. The molecule has 0 saturated carbocycles. The summed E-state index contributed by atoms with van der Waals surface area (Å²) in [5.41, 5.74) is 3.05. The van der Waals surface area contributed by atoms with E-state index in [1.54, 1.807) is 4.57 Å². The van der Waals surface area contributed by atoms with Gasteiger partial charge in [-0.1, -0.05) is 41.9 Å². The molecule has 0 N–H and O–H groups in total. The summed E-state index contributed by atoms with van der Waals surface area (Å²) in [6.07, 6.45) is 0. The van der Waals surface area contributed by atoms with E-state index in [0.29, 0.717) is 10.7 Å². The van der Waals surface area contributed by atoms with Gasteiger partial charge in [-0.25, -0.2) is 4.79 Å². The SMILES string of the molecule is CC(C)n1c(=O)nc(-c2ccccc2)c2cc(N(C)C)c(Cl)cc21. The molecule has 0 aliphatic heterocycles. The highest BCUT2D eigenvalue weighted by Gasteiger charge is 2.17. The molecule has 0 aliphatic rings. The molecule has 1 aromatic heterocycles. The van der Waals surface area contributed by atoms with Crippen LogP contribution in [0, 0.1) is 0 Å². The molecule has 2 aromatic carbocycles. The van der Waals surface area contributed by atoms with Gasteiger partial charge in [0, 0.05) is 31.1 Å². The van der Waals surface area contributed by atoms with Crippen molar-refractivity contribution in [2.75, 3.05) is 19.0 Å². The normalized spacial score (nSPS) is 11.2. The van der Waals surface area contributed by atoms with Crippen LogP contribution in [0.25, 0.3) is 22.2 Å². The Morgan fingerprint density at radius 1 is 1.12 bits per heavy atom. The second kappa shape index (κ2) is 6.29. The van der Waals surface area contributed by atoms with Gasteiger partial charge in [0.2, 0.25) is 0 Å². The highest BCUT2D eigenvalue weighted by molar-refractivity contribution is 6.34. The van der Waals surface area contributed by atoms with E-state index in [2.05, 4.69) is 4.98 Å². The summed E-state index contributed by atoms with van der Waals surface area (Å²) in [5.74, 6) is 0. The van der Waals surface area contributed by atoms with Crippen LogP contribution in [0.3, 0.4) is 0 Å². The van der Waals surface area contributed by atoms with Crippen LogP contribution < -0.4 is 10.6 Å². The summed E-state index contributed by atoms with van der Waals surface area (Å²) in [5, 5.41) is 1.54. The maximum atomic E-state index is 12.6. The first-order valence-corrected chi connectivity index (χ1v) is 8.26. The fraction of sp³-hybridized carbons (Fsp3) is 0.263. The van der Waals surface area contributed by atoms with Crippen molar-refractivity contribution >= 4 is 28.2 Å². The van der Waals surface area contributed by atoms with Crippen LogP contribution in [-0.2, 0) is 0 Å². The lowest BCUT2D eigenvalue weighted by Crippen LogP contribution is -2.25. The zero-order valence-corrected chi connectivity index (χ0v) is 15.0. The number of fused-ring (bicyclic) bond motifs is 1. The quantitative estimate of drug-likeness (QED) is 0.710. The minimum atomic E-state index is -0.259. The lowest BCUT2D eigenvalue weighted by Gasteiger charge is -2.20. The smallest absolute Gasteiger partial charge is 0.348 e. The number of halogens is 1. The van der Waals surface area contributed by atoms with Crippen molar-refractivity contribution in [2.24, 2.45) is 0 Å².